The lowest BCUT2D eigenvalue weighted by Gasteiger charge is -2.31. The maximum atomic E-state index is 13.6. The zero-order valence-electron chi connectivity index (χ0n) is 9.40. The van der Waals surface area contributed by atoms with E-state index in [1.54, 1.807) is 23.5 Å². The van der Waals surface area contributed by atoms with E-state index in [0.717, 1.165) is 29.7 Å². The zero-order chi connectivity index (χ0) is 12.4. The van der Waals surface area contributed by atoms with Gasteiger partial charge in [-0.3, -0.25) is 0 Å². The molecule has 1 aliphatic rings. The summed E-state index contributed by atoms with van der Waals surface area (Å²) in [7, 11) is 0. The molecule has 0 radical (unpaired) electrons. The highest BCUT2D eigenvalue weighted by atomic mass is 32.2. The fourth-order valence-corrected chi connectivity index (χ4v) is 4.74. The van der Waals surface area contributed by atoms with Gasteiger partial charge in [0, 0.05) is 27.6 Å². The molecule has 0 bridgehead atoms. The highest BCUT2D eigenvalue weighted by molar-refractivity contribution is 8.07. The lowest BCUT2D eigenvalue weighted by Crippen LogP contribution is -2.29. The normalized spacial score (nSPS) is 26.8. The molecule has 17 heavy (non-hydrogen) atoms. The summed E-state index contributed by atoms with van der Waals surface area (Å²) in [4.78, 5) is 0. The average Bonchev–Trinajstić information content (AvgIpc) is 2.32. The molecule has 1 heterocycles. The van der Waals surface area contributed by atoms with Crippen molar-refractivity contribution in [1.29, 1.82) is 0 Å². The van der Waals surface area contributed by atoms with Crippen LogP contribution in [0.25, 0.3) is 0 Å². The van der Waals surface area contributed by atoms with Gasteiger partial charge in [-0.25, -0.2) is 8.78 Å². The van der Waals surface area contributed by atoms with Crippen LogP contribution < -0.4 is 0 Å². The second-order valence-electron chi connectivity index (χ2n) is 4.02. The van der Waals surface area contributed by atoms with Crippen molar-refractivity contribution in [3.05, 3.63) is 35.4 Å². The van der Waals surface area contributed by atoms with Crippen LogP contribution in [0.1, 0.15) is 18.6 Å². The van der Waals surface area contributed by atoms with Crippen LogP contribution in [0.15, 0.2) is 18.2 Å². The molecule has 0 aromatic heterocycles. The SMILES string of the molecule is CC1SCCSC1C(O)c1cc(F)ccc1F. The molecule has 3 unspecified atom stereocenters. The molecule has 1 saturated heterocycles. The van der Waals surface area contributed by atoms with Crippen molar-refractivity contribution in [2.24, 2.45) is 0 Å². The van der Waals surface area contributed by atoms with Gasteiger partial charge in [-0.1, -0.05) is 6.92 Å². The van der Waals surface area contributed by atoms with Crippen molar-refractivity contribution in [2.75, 3.05) is 11.5 Å². The number of hydrogen-bond acceptors (Lipinski definition) is 3. The van der Waals surface area contributed by atoms with Crippen LogP contribution in [0, 0.1) is 11.6 Å². The van der Waals surface area contributed by atoms with E-state index in [1.165, 1.54) is 0 Å². The molecule has 0 amide bonds. The number of aliphatic hydroxyl groups is 1. The molecule has 94 valence electrons. The smallest absolute Gasteiger partial charge is 0.129 e. The number of aliphatic hydroxyl groups excluding tert-OH is 1. The lowest BCUT2D eigenvalue weighted by atomic mass is 10.0. The molecule has 5 heteroatoms. The van der Waals surface area contributed by atoms with Gasteiger partial charge in [0.15, 0.2) is 0 Å². The second-order valence-corrected chi connectivity index (χ2v) is 6.79. The fourth-order valence-electron chi connectivity index (χ4n) is 1.91. The van der Waals surface area contributed by atoms with E-state index in [1.807, 2.05) is 6.92 Å². The Balaban J connectivity index is 2.23. The predicted molar refractivity (Wildman–Crippen MR) is 69.5 cm³/mol. The zero-order valence-corrected chi connectivity index (χ0v) is 11.0. The van der Waals surface area contributed by atoms with E-state index >= 15 is 0 Å². The summed E-state index contributed by atoms with van der Waals surface area (Å²) < 4.78 is 26.6. The van der Waals surface area contributed by atoms with Crippen LogP contribution in [-0.2, 0) is 0 Å². The molecule has 1 nitrogen and oxygen atoms in total. The van der Waals surface area contributed by atoms with Crippen LogP contribution in [0.4, 0.5) is 8.78 Å². The van der Waals surface area contributed by atoms with Gasteiger partial charge in [-0.2, -0.15) is 23.5 Å². The molecule has 1 fully saturated rings. The van der Waals surface area contributed by atoms with Gasteiger partial charge < -0.3 is 5.11 Å². The van der Waals surface area contributed by atoms with Crippen molar-refractivity contribution in [3.8, 4) is 0 Å². The van der Waals surface area contributed by atoms with Gasteiger partial charge in [0.2, 0.25) is 0 Å². The Bertz CT molecular complexity index is 400. The van der Waals surface area contributed by atoms with E-state index in [0.29, 0.717) is 0 Å². The van der Waals surface area contributed by atoms with E-state index < -0.39 is 17.7 Å². The average molecular weight is 276 g/mol. The molecule has 1 aromatic carbocycles. The van der Waals surface area contributed by atoms with Crippen molar-refractivity contribution >= 4 is 23.5 Å². The van der Waals surface area contributed by atoms with Crippen LogP contribution in [-0.4, -0.2) is 27.1 Å². The molecule has 0 spiro atoms. The Morgan fingerprint density at radius 1 is 1.29 bits per heavy atom. The third-order valence-corrected chi connectivity index (χ3v) is 6.01. The predicted octanol–water partition coefficient (Wildman–Crippen LogP) is 3.24. The van der Waals surface area contributed by atoms with Crippen LogP contribution in [0.5, 0.6) is 0 Å². The first-order valence-electron chi connectivity index (χ1n) is 5.46. The molecule has 2 rings (SSSR count). The Kier molecular flexibility index (Phi) is 4.33. The quantitative estimate of drug-likeness (QED) is 0.895. The van der Waals surface area contributed by atoms with Gasteiger partial charge in [0.1, 0.15) is 11.6 Å². The van der Waals surface area contributed by atoms with Gasteiger partial charge in [0.05, 0.1) is 6.10 Å². The Labute approximate surface area is 108 Å². The molecule has 1 N–H and O–H groups in total. The highest BCUT2D eigenvalue weighted by Gasteiger charge is 2.31. The van der Waals surface area contributed by atoms with Crippen molar-refractivity contribution in [3.63, 3.8) is 0 Å². The Morgan fingerprint density at radius 2 is 2.00 bits per heavy atom. The molecular weight excluding hydrogens is 262 g/mol. The Morgan fingerprint density at radius 3 is 2.71 bits per heavy atom. The van der Waals surface area contributed by atoms with E-state index in [-0.39, 0.29) is 16.1 Å². The van der Waals surface area contributed by atoms with E-state index in [2.05, 4.69) is 0 Å². The monoisotopic (exact) mass is 276 g/mol. The first-order chi connectivity index (χ1) is 8.09. The van der Waals surface area contributed by atoms with Gasteiger partial charge in [-0.05, 0) is 18.2 Å². The van der Waals surface area contributed by atoms with Crippen molar-refractivity contribution in [2.45, 2.75) is 23.5 Å². The molecule has 0 aliphatic carbocycles. The second kappa shape index (κ2) is 5.59. The number of thioether (sulfide) groups is 2. The maximum absolute atomic E-state index is 13.6. The fraction of sp³-hybridized carbons (Fsp3) is 0.500. The highest BCUT2D eigenvalue weighted by Crippen LogP contribution is 2.39. The topological polar surface area (TPSA) is 20.2 Å². The first-order valence-corrected chi connectivity index (χ1v) is 7.55. The summed E-state index contributed by atoms with van der Waals surface area (Å²) in [5.41, 5.74) is 0.0665. The summed E-state index contributed by atoms with van der Waals surface area (Å²) in [6.07, 6.45) is -0.946. The van der Waals surface area contributed by atoms with Crippen LogP contribution >= 0.6 is 23.5 Å². The first kappa shape index (κ1) is 13.2. The van der Waals surface area contributed by atoms with Gasteiger partial charge in [0.25, 0.3) is 0 Å². The van der Waals surface area contributed by atoms with Gasteiger partial charge in [-0.15, -0.1) is 0 Å². The summed E-state index contributed by atoms with van der Waals surface area (Å²) in [5.74, 6) is 0.929. The maximum Gasteiger partial charge on any atom is 0.129 e. The minimum Gasteiger partial charge on any atom is -0.387 e. The standard InChI is InChI=1S/C12H14F2OS2/c1-7-12(17-5-4-16-7)11(15)9-6-8(13)2-3-10(9)14/h2-3,6-7,11-12,15H,4-5H2,1H3. The van der Waals surface area contributed by atoms with Crippen LogP contribution in [0.2, 0.25) is 0 Å². The summed E-state index contributed by atoms with van der Waals surface area (Å²) in [5, 5.41) is 10.3. The minimum absolute atomic E-state index is 0.0665. The molecule has 3 atom stereocenters. The largest absolute Gasteiger partial charge is 0.387 e. The third-order valence-electron chi connectivity index (χ3n) is 2.82. The molecule has 1 aliphatic heterocycles. The number of hydrogen-bond donors (Lipinski definition) is 1. The number of benzene rings is 1. The van der Waals surface area contributed by atoms with Crippen molar-refractivity contribution in [1.82, 2.24) is 0 Å². The molecular formula is C12H14F2OS2. The Hall–Kier alpha value is -0.260. The lowest BCUT2D eigenvalue weighted by molar-refractivity contribution is 0.169. The molecule has 0 saturated carbocycles. The summed E-state index contributed by atoms with van der Waals surface area (Å²) in [6, 6.07) is 3.23. The van der Waals surface area contributed by atoms with E-state index in [9.17, 15) is 13.9 Å². The third kappa shape index (κ3) is 2.95. The van der Waals surface area contributed by atoms with Gasteiger partial charge >= 0.3 is 0 Å². The summed E-state index contributed by atoms with van der Waals surface area (Å²) in [6.45, 7) is 2.02. The minimum atomic E-state index is -0.946. The molecule has 1 aromatic rings. The van der Waals surface area contributed by atoms with E-state index in [4.69, 9.17) is 0 Å². The van der Waals surface area contributed by atoms with Crippen LogP contribution in [0.3, 0.4) is 0 Å². The van der Waals surface area contributed by atoms with Crippen molar-refractivity contribution < 1.29 is 13.9 Å². The summed E-state index contributed by atoms with van der Waals surface area (Å²) >= 11 is 3.39. The number of rotatable bonds is 2. The number of halogens is 2.